The highest BCUT2D eigenvalue weighted by molar-refractivity contribution is 5.72. The molecule has 1 aromatic heterocycles. The molecule has 1 aromatic carbocycles. The molecule has 0 amide bonds. The van der Waals surface area contributed by atoms with Crippen LogP contribution in [-0.2, 0) is 22.3 Å². The van der Waals surface area contributed by atoms with Gasteiger partial charge in [0.25, 0.3) is 0 Å². The van der Waals surface area contributed by atoms with Gasteiger partial charge in [0.05, 0.1) is 18.6 Å². The van der Waals surface area contributed by atoms with Gasteiger partial charge in [0.2, 0.25) is 0 Å². The Bertz CT molecular complexity index is 1050. The lowest BCUT2D eigenvalue weighted by Crippen LogP contribution is -2.43. The van der Waals surface area contributed by atoms with Gasteiger partial charge in [-0.3, -0.25) is 4.79 Å². The zero-order valence-corrected chi connectivity index (χ0v) is 20.7. The number of nitrogens with two attached hydrogens (primary N) is 1. The van der Waals surface area contributed by atoms with Crippen molar-refractivity contribution in [3.63, 3.8) is 0 Å². The lowest BCUT2D eigenvalue weighted by Gasteiger charge is -2.33. The number of esters is 1. The molecule has 1 saturated heterocycles. The Balaban J connectivity index is 1.69. The molecule has 0 spiro atoms. The van der Waals surface area contributed by atoms with E-state index in [0.717, 1.165) is 38.3 Å². The number of phenols is 1. The van der Waals surface area contributed by atoms with Crippen LogP contribution in [0.15, 0.2) is 18.2 Å². The zero-order chi connectivity index (χ0) is 26.3. The van der Waals surface area contributed by atoms with Crippen molar-refractivity contribution in [1.29, 1.82) is 0 Å². The molecule has 1 atom stereocenters. The number of anilines is 1. The van der Waals surface area contributed by atoms with Crippen LogP contribution in [0.3, 0.4) is 0 Å². The topological polar surface area (TPSA) is 114 Å². The molecule has 3 rings (SSSR count). The number of carbonyl (C=O) groups excluding carboxylic acids is 1. The molecule has 4 N–H and O–H groups in total. The first-order valence-corrected chi connectivity index (χ1v) is 12.2. The molecule has 1 fully saturated rings. The Kier molecular flexibility index (Phi) is 9.49. The maximum atomic E-state index is 13.0. The molecule has 0 radical (unpaired) electrons. The number of nitrogens with one attached hydrogen (secondary N) is 1. The molecule has 198 valence electrons. The van der Waals surface area contributed by atoms with Crippen molar-refractivity contribution in [3.8, 4) is 17.0 Å². The monoisotopic (exact) mass is 509 g/mol. The second-order valence-corrected chi connectivity index (χ2v) is 9.04. The van der Waals surface area contributed by atoms with Gasteiger partial charge in [0.15, 0.2) is 5.82 Å². The second-order valence-electron chi connectivity index (χ2n) is 9.04. The minimum Gasteiger partial charge on any atom is -0.507 e. The Labute approximate surface area is 209 Å². The number of likely N-dealkylation sites (tertiary alicyclic amines) is 1. The largest absolute Gasteiger partial charge is 0.507 e. The molecule has 36 heavy (non-hydrogen) atoms. The number of carbonyl (C=O) groups is 1. The maximum absolute atomic E-state index is 13.0. The second kappa shape index (κ2) is 12.4. The number of alkyl halides is 3. The van der Waals surface area contributed by atoms with E-state index in [4.69, 9.17) is 10.5 Å². The van der Waals surface area contributed by atoms with Crippen LogP contribution in [0, 0.1) is 6.92 Å². The van der Waals surface area contributed by atoms with Crippen LogP contribution in [0.1, 0.15) is 55.7 Å². The van der Waals surface area contributed by atoms with Crippen LogP contribution in [-0.4, -0.2) is 58.5 Å². The Morgan fingerprint density at radius 1 is 1.33 bits per heavy atom. The fourth-order valence-corrected chi connectivity index (χ4v) is 4.31. The van der Waals surface area contributed by atoms with Gasteiger partial charge in [-0.05, 0) is 56.5 Å². The van der Waals surface area contributed by atoms with E-state index >= 15 is 0 Å². The molecule has 0 aliphatic carbocycles. The molecule has 0 unspecified atom stereocenters. The summed E-state index contributed by atoms with van der Waals surface area (Å²) in [4.78, 5) is 14.1. The van der Waals surface area contributed by atoms with Crippen molar-refractivity contribution in [3.05, 3.63) is 34.9 Å². The molecule has 0 bridgehead atoms. The average molecular weight is 510 g/mol. The minimum atomic E-state index is -4.56. The third-order valence-electron chi connectivity index (χ3n) is 6.37. The molecule has 11 heteroatoms. The number of rotatable bonds is 10. The van der Waals surface area contributed by atoms with E-state index < -0.39 is 17.5 Å². The third-order valence-corrected chi connectivity index (χ3v) is 6.37. The van der Waals surface area contributed by atoms with Gasteiger partial charge in [0, 0.05) is 36.8 Å². The van der Waals surface area contributed by atoms with Crippen LogP contribution >= 0.6 is 0 Å². The summed E-state index contributed by atoms with van der Waals surface area (Å²) >= 11 is 0. The predicted octanol–water partition coefficient (Wildman–Crippen LogP) is 4.24. The number of piperidine rings is 1. The zero-order valence-electron chi connectivity index (χ0n) is 20.7. The summed E-state index contributed by atoms with van der Waals surface area (Å²) in [6.45, 7) is 6.62. The Hall–Kier alpha value is -2.92. The highest BCUT2D eigenvalue weighted by Gasteiger charge is 2.31. The van der Waals surface area contributed by atoms with E-state index in [-0.39, 0.29) is 29.8 Å². The molecular formula is C25H34F3N5O3. The standard InChI is InChI=1S/C25H34F3N5O3/c1-3-4-12-36-22(35)9-11-33-10-5-6-18(15-33)30-24-20(14-29)16(2)23(31-32-24)19-8-7-17(13-21(19)34)25(26,27)28/h7-8,13,18,34H,3-6,9-12,14-15,29H2,1-2H3,(H,30,32)/t18-/m1/s1. The highest BCUT2D eigenvalue weighted by Crippen LogP contribution is 2.37. The lowest BCUT2D eigenvalue weighted by atomic mass is 10.00. The maximum Gasteiger partial charge on any atom is 0.416 e. The number of aromatic hydroxyl groups is 1. The molecule has 8 nitrogen and oxygen atoms in total. The van der Waals surface area contributed by atoms with Crippen molar-refractivity contribution < 1.29 is 27.8 Å². The number of phenolic OH excluding ortho intramolecular Hbond substituents is 1. The van der Waals surface area contributed by atoms with Crippen molar-refractivity contribution in [2.24, 2.45) is 5.73 Å². The van der Waals surface area contributed by atoms with E-state index in [1.807, 2.05) is 6.92 Å². The third kappa shape index (κ3) is 7.07. The first-order valence-electron chi connectivity index (χ1n) is 12.2. The van der Waals surface area contributed by atoms with Crippen LogP contribution < -0.4 is 11.1 Å². The van der Waals surface area contributed by atoms with Crippen LogP contribution in [0.4, 0.5) is 19.0 Å². The fourth-order valence-electron chi connectivity index (χ4n) is 4.31. The lowest BCUT2D eigenvalue weighted by molar-refractivity contribution is -0.144. The number of nitrogens with zero attached hydrogens (tertiary/aromatic N) is 3. The molecular weight excluding hydrogens is 475 g/mol. The first-order chi connectivity index (χ1) is 17.1. The summed E-state index contributed by atoms with van der Waals surface area (Å²) in [6.07, 6.45) is -0.520. The Morgan fingerprint density at radius 3 is 2.78 bits per heavy atom. The van der Waals surface area contributed by atoms with Crippen molar-refractivity contribution in [2.45, 2.75) is 64.7 Å². The number of aromatic nitrogens is 2. The van der Waals surface area contributed by atoms with Crippen LogP contribution in [0.25, 0.3) is 11.3 Å². The van der Waals surface area contributed by atoms with Crippen molar-refractivity contribution >= 4 is 11.8 Å². The predicted molar refractivity (Wildman–Crippen MR) is 130 cm³/mol. The molecule has 2 heterocycles. The quantitative estimate of drug-likeness (QED) is 0.322. The van der Waals surface area contributed by atoms with Crippen LogP contribution in [0.5, 0.6) is 5.75 Å². The smallest absolute Gasteiger partial charge is 0.416 e. The molecule has 0 saturated carbocycles. The van der Waals surface area contributed by atoms with E-state index in [2.05, 4.69) is 20.4 Å². The molecule has 1 aliphatic rings. The van der Waals surface area contributed by atoms with Crippen molar-refractivity contribution in [1.82, 2.24) is 15.1 Å². The van der Waals surface area contributed by atoms with Gasteiger partial charge >= 0.3 is 12.1 Å². The molecule has 2 aromatic rings. The summed E-state index contributed by atoms with van der Waals surface area (Å²) in [5.74, 6) is -0.203. The van der Waals surface area contributed by atoms with E-state index in [1.165, 1.54) is 6.07 Å². The average Bonchev–Trinajstić information content (AvgIpc) is 2.83. The summed E-state index contributed by atoms with van der Waals surface area (Å²) in [6, 6.07) is 2.84. The van der Waals surface area contributed by atoms with E-state index in [0.29, 0.717) is 49.1 Å². The van der Waals surface area contributed by atoms with Gasteiger partial charge in [-0.1, -0.05) is 13.3 Å². The number of hydrogen-bond acceptors (Lipinski definition) is 8. The number of hydrogen-bond donors (Lipinski definition) is 3. The number of unbranched alkanes of at least 4 members (excludes halogenated alkanes) is 1. The van der Waals surface area contributed by atoms with E-state index in [9.17, 15) is 23.1 Å². The van der Waals surface area contributed by atoms with Gasteiger partial charge < -0.3 is 25.8 Å². The summed E-state index contributed by atoms with van der Waals surface area (Å²) < 4.78 is 44.1. The molecule has 1 aliphatic heterocycles. The van der Waals surface area contributed by atoms with Gasteiger partial charge in [-0.2, -0.15) is 13.2 Å². The summed E-state index contributed by atoms with van der Waals surface area (Å²) in [7, 11) is 0. The van der Waals surface area contributed by atoms with Gasteiger partial charge in [-0.15, -0.1) is 10.2 Å². The van der Waals surface area contributed by atoms with Crippen LogP contribution in [0.2, 0.25) is 0 Å². The Morgan fingerprint density at radius 2 is 2.11 bits per heavy atom. The number of halogens is 3. The van der Waals surface area contributed by atoms with Gasteiger partial charge in [0.1, 0.15) is 11.4 Å². The fraction of sp³-hybridized carbons (Fsp3) is 0.560. The van der Waals surface area contributed by atoms with Crippen molar-refractivity contribution in [2.75, 3.05) is 31.6 Å². The first kappa shape index (κ1) is 27.7. The summed E-state index contributed by atoms with van der Waals surface area (Å²) in [5, 5.41) is 22.1. The number of ether oxygens (including phenoxy) is 1. The summed E-state index contributed by atoms with van der Waals surface area (Å²) in [5.41, 5.74) is 6.80. The minimum absolute atomic E-state index is 0.0687. The SMILES string of the molecule is CCCCOC(=O)CCN1CCC[C@@H](Nc2nnc(-c3ccc(C(F)(F)F)cc3O)c(C)c2CN)C1. The van der Waals surface area contributed by atoms with E-state index in [1.54, 1.807) is 6.92 Å². The van der Waals surface area contributed by atoms with Gasteiger partial charge in [-0.25, -0.2) is 0 Å². The highest BCUT2D eigenvalue weighted by atomic mass is 19.4. The number of benzene rings is 1. The normalized spacial score (nSPS) is 16.7.